The van der Waals surface area contributed by atoms with Crippen LogP contribution in [0, 0.1) is 0 Å². The number of alkyl halides is 1. The van der Waals surface area contributed by atoms with Crippen LogP contribution < -0.4 is 9.80 Å². The Kier molecular flexibility index (Phi) is 6.12. The molecule has 182 valence electrons. The predicted molar refractivity (Wildman–Crippen MR) is 148 cm³/mol. The van der Waals surface area contributed by atoms with E-state index in [-0.39, 0.29) is 11.4 Å². The second-order valence-electron chi connectivity index (χ2n) is 9.74. The SMILES string of the molecule is CN1CCN(c2ccc3c(c2)N(C(=O)Cc2ccc(-c4ccncc4)c4ccccc24)[C@@H](Cl)C3)CC1. The summed E-state index contributed by atoms with van der Waals surface area (Å²) in [4.78, 5) is 24.4. The topological polar surface area (TPSA) is 39.7 Å². The van der Waals surface area contributed by atoms with E-state index < -0.39 is 0 Å². The molecule has 0 bridgehead atoms. The van der Waals surface area contributed by atoms with E-state index in [0.29, 0.717) is 12.8 Å². The lowest BCUT2D eigenvalue weighted by Crippen LogP contribution is -2.44. The molecule has 4 aromatic rings. The Morgan fingerprint density at radius 3 is 2.47 bits per heavy atom. The Morgan fingerprint density at radius 2 is 1.69 bits per heavy atom. The largest absolute Gasteiger partial charge is 0.369 e. The number of piperazine rings is 1. The van der Waals surface area contributed by atoms with Gasteiger partial charge in [0.2, 0.25) is 5.91 Å². The van der Waals surface area contributed by atoms with Crippen molar-refractivity contribution in [2.75, 3.05) is 43.0 Å². The van der Waals surface area contributed by atoms with Crippen molar-refractivity contribution in [2.45, 2.75) is 18.3 Å². The first-order valence-electron chi connectivity index (χ1n) is 12.5. The average Bonchev–Trinajstić information content (AvgIpc) is 3.25. The highest BCUT2D eigenvalue weighted by Gasteiger charge is 2.33. The molecule has 2 aliphatic rings. The molecular weight excluding hydrogens is 468 g/mol. The van der Waals surface area contributed by atoms with Gasteiger partial charge in [0.15, 0.2) is 0 Å². The van der Waals surface area contributed by atoms with Crippen molar-refractivity contribution in [1.29, 1.82) is 0 Å². The summed E-state index contributed by atoms with van der Waals surface area (Å²) < 4.78 is 0. The van der Waals surface area contributed by atoms with Gasteiger partial charge in [0.05, 0.1) is 12.1 Å². The minimum atomic E-state index is -0.363. The highest BCUT2D eigenvalue weighted by molar-refractivity contribution is 6.25. The Morgan fingerprint density at radius 1 is 0.944 bits per heavy atom. The first kappa shape index (κ1) is 23.0. The van der Waals surface area contributed by atoms with Crippen LogP contribution in [0.15, 0.2) is 79.1 Å². The highest BCUT2D eigenvalue weighted by atomic mass is 35.5. The summed E-state index contributed by atoms with van der Waals surface area (Å²) >= 11 is 6.76. The number of anilines is 2. The molecule has 1 atom stereocenters. The average molecular weight is 497 g/mol. The number of hydrogen-bond acceptors (Lipinski definition) is 4. The van der Waals surface area contributed by atoms with Gasteiger partial charge in [-0.25, -0.2) is 0 Å². The van der Waals surface area contributed by atoms with Crippen molar-refractivity contribution in [2.24, 2.45) is 0 Å². The third kappa shape index (κ3) is 4.23. The van der Waals surface area contributed by atoms with E-state index in [1.807, 2.05) is 41.6 Å². The molecule has 0 aliphatic carbocycles. The lowest BCUT2D eigenvalue weighted by molar-refractivity contribution is -0.118. The fourth-order valence-electron chi connectivity index (χ4n) is 5.47. The number of aromatic nitrogens is 1. The number of halogens is 1. The molecule has 0 N–H and O–H groups in total. The normalized spacial score (nSPS) is 18.0. The molecule has 36 heavy (non-hydrogen) atoms. The molecule has 1 fully saturated rings. The maximum atomic E-state index is 13.7. The molecule has 2 aliphatic heterocycles. The van der Waals surface area contributed by atoms with Gasteiger partial charge >= 0.3 is 0 Å². The zero-order chi connectivity index (χ0) is 24.6. The predicted octanol–water partition coefficient (Wildman–Crippen LogP) is 5.35. The molecule has 3 heterocycles. The third-order valence-electron chi connectivity index (χ3n) is 7.48. The van der Waals surface area contributed by atoms with Gasteiger partial charge in [-0.05, 0) is 64.3 Å². The number of pyridine rings is 1. The summed E-state index contributed by atoms with van der Waals surface area (Å²) in [5.41, 5.74) is 6.16. The van der Waals surface area contributed by atoms with E-state index in [1.165, 1.54) is 0 Å². The van der Waals surface area contributed by atoms with Gasteiger partial charge in [-0.2, -0.15) is 0 Å². The van der Waals surface area contributed by atoms with Crippen molar-refractivity contribution in [3.8, 4) is 11.1 Å². The number of amides is 1. The Labute approximate surface area is 216 Å². The van der Waals surface area contributed by atoms with Crippen LogP contribution in [0.3, 0.4) is 0 Å². The van der Waals surface area contributed by atoms with Crippen molar-refractivity contribution in [3.63, 3.8) is 0 Å². The monoisotopic (exact) mass is 496 g/mol. The summed E-state index contributed by atoms with van der Waals surface area (Å²) in [6.07, 6.45) is 4.60. The zero-order valence-corrected chi connectivity index (χ0v) is 21.2. The van der Waals surface area contributed by atoms with Crippen LogP contribution in [0.2, 0.25) is 0 Å². The number of likely N-dealkylation sites (N-methyl/N-ethyl adjacent to an activating group) is 1. The fourth-order valence-corrected chi connectivity index (χ4v) is 5.85. The van der Waals surface area contributed by atoms with Gasteiger partial charge in [-0.3, -0.25) is 14.7 Å². The molecule has 1 aromatic heterocycles. The Hall–Kier alpha value is -3.41. The van der Waals surface area contributed by atoms with Crippen molar-refractivity contribution in [1.82, 2.24) is 9.88 Å². The lowest BCUT2D eigenvalue weighted by atomic mass is 9.94. The molecule has 5 nitrogen and oxygen atoms in total. The van der Waals surface area contributed by atoms with Crippen LogP contribution in [0.5, 0.6) is 0 Å². The van der Waals surface area contributed by atoms with E-state index in [0.717, 1.165) is 70.6 Å². The Balaban J connectivity index is 1.30. The Bertz CT molecular complexity index is 1420. The lowest BCUT2D eigenvalue weighted by Gasteiger charge is -2.34. The van der Waals surface area contributed by atoms with Crippen LogP contribution in [-0.2, 0) is 17.6 Å². The molecule has 0 radical (unpaired) electrons. The minimum absolute atomic E-state index is 0.0334. The van der Waals surface area contributed by atoms with Crippen molar-refractivity contribution >= 4 is 39.7 Å². The number of carbonyl (C=O) groups is 1. The first-order valence-corrected chi connectivity index (χ1v) is 13.0. The molecular formula is C30H29ClN4O. The summed E-state index contributed by atoms with van der Waals surface area (Å²) in [6.45, 7) is 4.06. The van der Waals surface area contributed by atoms with Crippen molar-refractivity contribution in [3.05, 3.63) is 90.3 Å². The smallest absolute Gasteiger partial charge is 0.232 e. The number of rotatable bonds is 4. The molecule has 3 aromatic carbocycles. The quantitative estimate of drug-likeness (QED) is 0.282. The van der Waals surface area contributed by atoms with Crippen LogP contribution in [0.1, 0.15) is 11.1 Å². The number of hydrogen-bond donors (Lipinski definition) is 0. The molecule has 0 saturated carbocycles. The van der Waals surface area contributed by atoms with E-state index in [1.54, 1.807) is 0 Å². The van der Waals surface area contributed by atoms with Gasteiger partial charge < -0.3 is 9.80 Å². The van der Waals surface area contributed by atoms with E-state index in [9.17, 15) is 4.79 Å². The second kappa shape index (κ2) is 9.57. The second-order valence-corrected chi connectivity index (χ2v) is 10.2. The number of carbonyl (C=O) groups excluding carboxylic acids is 1. The van der Waals surface area contributed by atoms with E-state index in [2.05, 4.69) is 64.3 Å². The van der Waals surface area contributed by atoms with Crippen LogP contribution in [-0.4, -0.2) is 54.5 Å². The zero-order valence-electron chi connectivity index (χ0n) is 20.4. The fraction of sp³-hybridized carbons (Fsp3) is 0.267. The number of fused-ring (bicyclic) bond motifs is 2. The van der Waals surface area contributed by atoms with E-state index in [4.69, 9.17) is 11.6 Å². The number of nitrogens with zero attached hydrogens (tertiary/aromatic N) is 4. The summed E-state index contributed by atoms with van der Waals surface area (Å²) in [5.74, 6) is 0.0334. The molecule has 0 spiro atoms. The van der Waals surface area contributed by atoms with Gasteiger partial charge in [-0.1, -0.05) is 54.1 Å². The van der Waals surface area contributed by atoms with Gasteiger partial charge in [-0.15, -0.1) is 0 Å². The van der Waals surface area contributed by atoms with Gasteiger partial charge in [0.1, 0.15) is 5.50 Å². The van der Waals surface area contributed by atoms with E-state index >= 15 is 0 Å². The highest BCUT2D eigenvalue weighted by Crippen LogP contribution is 2.38. The molecule has 1 amide bonds. The molecule has 6 heteroatoms. The van der Waals surface area contributed by atoms with Crippen LogP contribution >= 0.6 is 11.6 Å². The van der Waals surface area contributed by atoms with Gasteiger partial charge in [0, 0.05) is 50.7 Å². The summed E-state index contributed by atoms with van der Waals surface area (Å²) in [5, 5.41) is 2.23. The standard InChI is InChI=1S/C30H29ClN4O/c1-33-14-16-34(17-15-33)24-8-6-23-18-29(31)35(28(23)20-24)30(36)19-22-7-9-26(21-10-12-32-13-11-21)27-5-3-2-4-25(22)27/h2-13,20,29H,14-19H2,1H3/t29-/m1/s1. The molecule has 0 unspecified atom stereocenters. The van der Waals surface area contributed by atoms with Gasteiger partial charge in [0.25, 0.3) is 0 Å². The summed E-state index contributed by atoms with van der Waals surface area (Å²) in [6, 6.07) is 23.0. The van der Waals surface area contributed by atoms with Crippen molar-refractivity contribution < 1.29 is 4.79 Å². The maximum Gasteiger partial charge on any atom is 0.232 e. The van der Waals surface area contributed by atoms with Crippen LogP contribution in [0.4, 0.5) is 11.4 Å². The third-order valence-corrected chi connectivity index (χ3v) is 7.83. The molecule has 1 saturated heterocycles. The van der Waals surface area contributed by atoms with Crippen LogP contribution in [0.25, 0.3) is 21.9 Å². The first-order chi connectivity index (χ1) is 17.6. The minimum Gasteiger partial charge on any atom is -0.369 e. The maximum absolute atomic E-state index is 13.7. The summed E-state index contributed by atoms with van der Waals surface area (Å²) in [7, 11) is 2.16. The molecule has 6 rings (SSSR count). The number of benzene rings is 3.